The van der Waals surface area contributed by atoms with E-state index >= 15 is 0 Å². The van der Waals surface area contributed by atoms with Crippen LogP contribution in [0, 0.1) is 25.1 Å². The summed E-state index contributed by atoms with van der Waals surface area (Å²) in [5, 5.41) is 13.3. The lowest BCUT2D eigenvalue weighted by Gasteiger charge is -2.20. The fraction of sp³-hybridized carbons (Fsp3) is 0.158. The Kier molecular flexibility index (Phi) is 5.15. The highest BCUT2D eigenvalue weighted by Crippen LogP contribution is 2.31. The van der Waals surface area contributed by atoms with Gasteiger partial charge in [0.05, 0.1) is 10.6 Å². The second-order valence-corrected chi connectivity index (χ2v) is 10.5. The molecule has 1 amide bonds. The second kappa shape index (κ2) is 7.43. The number of hydrazone groups is 1. The third-order valence-electron chi connectivity index (χ3n) is 4.68. The first-order chi connectivity index (χ1) is 14.5. The zero-order chi connectivity index (χ0) is 22.7. The maximum atomic E-state index is 13.5. The molecule has 1 aromatic heterocycles. The fourth-order valence-electron chi connectivity index (χ4n) is 3.24. The predicted molar refractivity (Wildman–Crippen MR) is 120 cm³/mol. The van der Waals surface area contributed by atoms with Crippen LogP contribution in [0.25, 0.3) is 11.8 Å². The average molecular weight is 480 g/mol. The van der Waals surface area contributed by atoms with Crippen molar-refractivity contribution in [3.05, 3.63) is 57.6 Å². The van der Waals surface area contributed by atoms with Crippen LogP contribution in [0.3, 0.4) is 0 Å². The first kappa shape index (κ1) is 21.5. The number of amides is 1. The van der Waals surface area contributed by atoms with Crippen LogP contribution in [-0.2, 0) is 14.6 Å². The standard InChI is InChI=1S/C19H15ClFN5O3S2/c1-9-6-11(10(2)25(9)12-4-5-15(21)14(20)8-12)7-13-16(22)26-18(23-17(13)27)30-19(24-26)31(3,28)29/h4-8,22H,1-3H3/b13-7+,22-16?. The second-order valence-electron chi connectivity index (χ2n) is 6.92. The number of nitrogens with zero attached hydrogens (tertiary/aromatic N) is 4. The van der Waals surface area contributed by atoms with Crippen molar-refractivity contribution in [1.82, 2.24) is 9.58 Å². The van der Waals surface area contributed by atoms with E-state index in [1.807, 2.05) is 24.5 Å². The van der Waals surface area contributed by atoms with Gasteiger partial charge in [-0.15, -0.1) is 5.10 Å². The molecule has 160 valence electrons. The number of sulfone groups is 1. The number of aromatic nitrogens is 1. The molecule has 12 heteroatoms. The lowest BCUT2D eigenvalue weighted by atomic mass is 10.1. The van der Waals surface area contributed by atoms with Crippen LogP contribution in [0.4, 0.5) is 4.39 Å². The summed E-state index contributed by atoms with van der Waals surface area (Å²) < 4.78 is 38.7. The number of aryl methyl sites for hydroxylation is 1. The molecular formula is C19H15ClFN5O3S2. The Labute approximate surface area is 186 Å². The molecular weight excluding hydrogens is 465 g/mol. The van der Waals surface area contributed by atoms with Crippen LogP contribution in [0.5, 0.6) is 0 Å². The number of fused-ring (bicyclic) bond motifs is 1. The predicted octanol–water partition coefficient (Wildman–Crippen LogP) is 3.51. The summed E-state index contributed by atoms with van der Waals surface area (Å²) in [6, 6.07) is 6.17. The van der Waals surface area contributed by atoms with E-state index in [0.29, 0.717) is 11.3 Å². The Morgan fingerprint density at radius 3 is 2.61 bits per heavy atom. The van der Waals surface area contributed by atoms with Gasteiger partial charge in [-0.25, -0.2) is 12.8 Å². The largest absolute Gasteiger partial charge is 0.318 e. The molecule has 0 spiro atoms. The molecule has 3 heterocycles. The van der Waals surface area contributed by atoms with Crippen molar-refractivity contribution in [1.29, 1.82) is 5.41 Å². The number of halogens is 2. The molecule has 4 rings (SSSR count). The first-order valence-electron chi connectivity index (χ1n) is 8.82. The zero-order valence-corrected chi connectivity index (χ0v) is 18.9. The average Bonchev–Trinajstić information content (AvgIpc) is 3.22. The Morgan fingerprint density at radius 2 is 1.97 bits per heavy atom. The van der Waals surface area contributed by atoms with Crippen molar-refractivity contribution in [2.24, 2.45) is 10.1 Å². The molecule has 2 aliphatic rings. The summed E-state index contributed by atoms with van der Waals surface area (Å²) >= 11 is 6.64. The van der Waals surface area contributed by atoms with Gasteiger partial charge in [0.25, 0.3) is 5.91 Å². The number of rotatable bonds is 2. The van der Waals surface area contributed by atoms with Crippen LogP contribution in [-0.4, -0.2) is 45.5 Å². The van der Waals surface area contributed by atoms with Crippen LogP contribution in [0.2, 0.25) is 5.02 Å². The van der Waals surface area contributed by atoms with Crippen molar-refractivity contribution in [3.63, 3.8) is 0 Å². The van der Waals surface area contributed by atoms with Crippen molar-refractivity contribution < 1.29 is 17.6 Å². The van der Waals surface area contributed by atoms with Crippen LogP contribution < -0.4 is 0 Å². The number of carbonyl (C=O) groups is 1. The van der Waals surface area contributed by atoms with Crippen LogP contribution in [0.15, 0.2) is 39.9 Å². The highest BCUT2D eigenvalue weighted by Gasteiger charge is 2.38. The quantitative estimate of drug-likeness (QED) is 0.663. The lowest BCUT2D eigenvalue weighted by Crippen LogP contribution is -2.35. The summed E-state index contributed by atoms with van der Waals surface area (Å²) in [6.07, 6.45) is 2.50. The third kappa shape index (κ3) is 3.73. The molecule has 2 aliphatic heterocycles. The van der Waals surface area contributed by atoms with Gasteiger partial charge in [-0.1, -0.05) is 11.6 Å². The minimum absolute atomic E-state index is 0.0120. The summed E-state index contributed by atoms with van der Waals surface area (Å²) in [7, 11) is -3.60. The molecule has 0 radical (unpaired) electrons. The number of thioether (sulfide) groups is 1. The highest BCUT2D eigenvalue weighted by atomic mass is 35.5. The molecule has 0 unspecified atom stereocenters. The zero-order valence-electron chi connectivity index (χ0n) is 16.5. The molecule has 0 atom stereocenters. The minimum Gasteiger partial charge on any atom is -0.318 e. The number of nitrogens with one attached hydrogen (secondary N) is 1. The van der Waals surface area contributed by atoms with E-state index in [2.05, 4.69) is 10.1 Å². The van der Waals surface area contributed by atoms with Crippen molar-refractivity contribution in [2.45, 2.75) is 13.8 Å². The third-order valence-corrected chi connectivity index (χ3v) is 7.55. The highest BCUT2D eigenvalue weighted by molar-refractivity contribution is 8.42. The minimum atomic E-state index is -3.60. The van der Waals surface area contributed by atoms with Gasteiger partial charge in [0.15, 0.2) is 5.84 Å². The Bertz CT molecular complexity index is 1380. The molecule has 1 aromatic carbocycles. The van der Waals surface area contributed by atoms with Crippen molar-refractivity contribution >= 4 is 60.6 Å². The van der Waals surface area contributed by atoms with E-state index in [4.69, 9.17) is 17.0 Å². The van der Waals surface area contributed by atoms with E-state index in [1.165, 1.54) is 18.2 Å². The van der Waals surface area contributed by atoms with E-state index in [9.17, 15) is 17.6 Å². The maximum Gasteiger partial charge on any atom is 0.283 e. The number of aliphatic imine (C=N–C) groups is 1. The van der Waals surface area contributed by atoms with E-state index in [-0.39, 0.29) is 26.0 Å². The number of benzene rings is 1. The van der Waals surface area contributed by atoms with Gasteiger partial charge in [0.2, 0.25) is 19.4 Å². The Balaban J connectivity index is 1.76. The first-order valence-corrected chi connectivity index (χ1v) is 11.9. The maximum absolute atomic E-state index is 13.5. The van der Waals surface area contributed by atoms with Crippen molar-refractivity contribution in [3.8, 4) is 5.69 Å². The number of hydrogen-bond donors (Lipinski definition) is 1. The van der Waals surface area contributed by atoms with E-state index < -0.39 is 21.6 Å². The molecule has 0 saturated carbocycles. The van der Waals surface area contributed by atoms with Gasteiger partial charge in [-0.3, -0.25) is 10.2 Å². The molecule has 0 fully saturated rings. The molecule has 0 aliphatic carbocycles. The Morgan fingerprint density at radius 1 is 1.26 bits per heavy atom. The molecule has 0 bridgehead atoms. The summed E-state index contributed by atoms with van der Waals surface area (Å²) in [5.41, 5.74) is 2.80. The van der Waals surface area contributed by atoms with E-state index in [0.717, 1.165) is 34.4 Å². The molecule has 31 heavy (non-hydrogen) atoms. The number of carbonyl (C=O) groups excluding carboxylic acids is 1. The normalized spacial score (nSPS) is 17.8. The van der Waals surface area contributed by atoms with Crippen molar-refractivity contribution in [2.75, 3.05) is 6.26 Å². The van der Waals surface area contributed by atoms with Gasteiger partial charge >= 0.3 is 0 Å². The van der Waals surface area contributed by atoms with Gasteiger partial charge in [0, 0.05) is 23.3 Å². The van der Waals surface area contributed by atoms with Gasteiger partial charge < -0.3 is 4.57 Å². The Hall–Kier alpha value is -2.76. The van der Waals surface area contributed by atoms with Gasteiger partial charge in [-0.2, -0.15) is 10.0 Å². The topological polar surface area (TPSA) is 108 Å². The monoisotopic (exact) mass is 479 g/mol. The molecule has 0 saturated heterocycles. The molecule has 2 aromatic rings. The number of hydrogen-bond acceptors (Lipinski definition) is 6. The van der Waals surface area contributed by atoms with Crippen LogP contribution in [0.1, 0.15) is 17.0 Å². The SMILES string of the molecule is Cc1cc(/C=C2\C(=N)N3N=C(S(C)(=O)=O)SC3=NC2=O)c(C)n1-c1ccc(F)c(Cl)c1. The van der Waals surface area contributed by atoms with Crippen LogP contribution >= 0.6 is 23.4 Å². The summed E-state index contributed by atoms with van der Waals surface area (Å²) in [5.74, 6) is -1.46. The summed E-state index contributed by atoms with van der Waals surface area (Å²) in [4.78, 5) is 16.4. The van der Waals surface area contributed by atoms with Gasteiger partial charge in [0.1, 0.15) is 5.82 Å². The molecule has 1 N–H and O–H groups in total. The lowest BCUT2D eigenvalue weighted by molar-refractivity contribution is -0.114. The number of amidine groups is 2. The fourth-order valence-corrected chi connectivity index (χ4v) is 5.09. The summed E-state index contributed by atoms with van der Waals surface area (Å²) in [6.45, 7) is 3.66. The van der Waals surface area contributed by atoms with E-state index in [1.54, 1.807) is 6.07 Å². The molecule has 8 nitrogen and oxygen atoms in total. The smallest absolute Gasteiger partial charge is 0.283 e. The van der Waals surface area contributed by atoms with Gasteiger partial charge in [-0.05, 0) is 61.5 Å².